The van der Waals surface area contributed by atoms with Gasteiger partial charge in [0.25, 0.3) is 17.7 Å². The Morgan fingerprint density at radius 1 is 1.00 bits per heavy atom. The van der Waals surface area contributed by atoms with Crippen molar-refractivity contribution in [2.45, 2.75) is 13.2 Å². The van der Waals surface area contributed by atoms with Gasteiger partial charge in [0.05, 0.1) is 11.1 Å². The standard InChI is InChI=1S/C21H18F2N2O6/c1-24(10-13-6-8-14(9-7-13)31-21(22)23)17(26)12-30-18(27)11-25-19(28)15-4-2-3-5-16(15)20(25)29/h2-9,21H,10-12H2,1H3. The zero-order valence-electron chi connectivity index (χ0n) is 16.4. The molecule has 31 heavy (non-hydrogen) atoms. The maximum absolute atomic E-state index is 12.2. The molecule has 2 aromatic rings. The Kier molecular flexibility index (Phi) is 6.58. The molecular weight excluding hydrogens is 414 g/mol. The number of benzene rings is 2. The van der Waals surface area contributed by atoms with Crippen LogP contribution < -0.4 is 4.74 Å². The second-order valence-corrected chi connectivity index (χ2v) is 6.67. The monoisotopic (exact) mass is 432 g/mol. The van der Waals surface area contributed by atoms with Gasteiger partial charge in [-0.2, -0.15) is 8.78 Å². The number of amides is 3. The van der Waals surface area contributed by atoms with E-state index in [0.29, 0.717) is 5.56 Å². The Bertz CT molecular complexity index is 974. The molecule has 1 aliphatic rings. The van der Waals surface area contributed by atoms with E-state index in [9.17, 15) is 28.0 Å². The van der Waals surface area contributed by atoms with Crippen molar-refractivity contribution >= 4 is 23.7 Å². The average molecular weight is 432 g/mol. The van der Waals surface area contributed by atoms with Gasteiger partial charge in [-0.25, -0.2) is 0 Å². The predicted molar refractivity (Wildman–Crippen MR) is 102 cm³/mol. The maximum atomic E-state index is 12.2. The summed E-state index contributed by atoms with van der Waals surface area (Å²) in [5.41, 5.74) is 1.07. The van der Waals surface area contributed by atoms with Gasteiger partial charge in [0.15, 0.2) is 6.61 Å². The number of imide groups is 1. The number of hydrogen-bond acceptors (Lipinski definition) is 6. The normalized spacial score (nSPS) is 12.7. The van der Waals surface area contributed by atoms with Crippen LogP contribution in [0, 0.1) is 0 Å². The van der Waals surface area contributed by atoms with Crippen molar-refractivity contribution in [1.82, 2.24) is 9.80 Å². The predicted octanol–water partition coefficient (Wildman–Crippen LogP) is 2.09. The first-order valence-electron chi connectivity index (χ1n) is 9.15. The van der Waals surface area contributed by atoms with E-state index < -0.39 is 43.5 Å². The van der Waals surface area contributed by atoms with E-state index in [0.717, 1.165) is 4.90 Å². The molecule has 0 aliphatic carbocycles. The third-order valence-corrected chi connectivity index (χ3v) is 4.52. The van der Waals surface area contributed by atoms with Gasteiger partial charge in [0.1, 0.15) is 12.3 Å². The van der Waals surface area contributed by atoms with Crippen molar-refractivity contribution in [3.05, 3.63) is 65.2 Å². The molecule has 0 saturated carbocycles. The highest BCUT2D eigenvalue weighted by Crippen LogP contribution is 2.22. The van der Waals surface area contributed by atoms with Gasteiger partial charge in [-0.15, -0.1) is 0 Å². The van der Waals surface area contributed by atoms with E-state index in [1.165, 1.54) is 48.3 Å². The van der Waals surface area contributed by atoms with Gasteiger partial charge >= 0.3 is 12.6 Å². The lowest BCUT2D eigenvalue weighted by Crippen LogP contribution is -2.37. The molecule has 0 fully saturated rings. The second-order valence-electron chi connectivity index (χ2n) is 6.67. The molecule has 0 radical (unpaired) electrons. The Labute approximate surface area is 175 Å². The van der Waals surface area contributed by atoms with E-state index in [1.807, 2.05) is 0 Å². The van der Waals surface area contributed by atoms with Gasteiger partial charge < -0.3 is 14.4 Å². The molecule has 0 saturated heterocycles. The molecule has 0 N–H and O–H groups in total. The summed E-state index contributed by atoms with van der Waals surface area (Å²) in [6, 6.07) is 12.0. The fourth-order valence-electron chi connectivity index (χ4n) is 2.95. The second kappa shape index (κ2) is 9.33. The summed E-state index contributed by atoms with van der Waals surface area (Å²) in [5.74, 6) is -2.62. The highest BCUT2D eigenvalue weighted by Gasteiger charge is 2.36. The van der Waals surface area contributed by atoms with Crippen molar-refractivity contribution in [3.8, 4) is 5.75 Å². The SMILES string of the molecule is CN(Cc1ccc(OC(F)F)cc1)C(=O)COC(=O)CN1C(=O)c2ccccc2C1=O. The van der Waals surface area contributed by atoms with Crippen LogP contribution in [0.25, 0.3) is 0 Å². The van der Waals surface area contributed by atoms with Crippen LogP contribution in [0.4, 0.5) is 8.78 Å². The van der Waals surface area contributed by atoms with Crippen molar-refractivity contribution < 1.29 is 37.4 Å². The van der Waals surface area contributed by atoms with Gasteiger partial charge in [-0.1, -0.05) is 24.3 Å². The molecule has 2 aromatic carbocycles. The third kappa shape index (κ3) is 5.21. The van der Waals surface area contributed by atoms with Crippen LogP contribution in [0.15, 0.2) is 48.5 Å². The van der Waals surface area contributed by atoms with Crippen LogP contribution in [-0.4, -0.2) is 60.3 Å². The fourth-order valence-corrected chi connectivity index (χ4v) is 2.95. The summed E-state index contributed by atoms with van der Waals surface area (Å²) >= 11 is 0. The van der Waals surface area contributed by atoms with Crippen LogP contribution in [0.1, 0.15) is 26.3 Å². The van der Waals surface area contributed by atoms with E-state index in [2.05, 4.69) is 4.74 Å². The van der Waals surface area contributed by atoms with Crippen LogP contribution in [0.3, 0.4) is 0 Å². The number of nitrogens with zero attached hydrogens (tertiary/aromatic N) is 2. The molecule has 10 heteroatoms. The summed E-state index contributed by atoms with van der Waals surface area (Å²) in [7, 11) is 1.48. The Morgan fingerprint density at radius 3 is 2.13 bits per heavy atom. The van der Waals surface area contributed by atoms with Crippen LogP contribution >= 0.6 is 0 Å². The summed E-state index contributed by atoms with van der Waals surface area (Å²) in [6.45, 7) is -3.96. The first-order chi connectivity index (χ1) is 14.8. The molecule has 0 atom stereocenters. The Morgan fingerprint density at radius 2 is 1.58 bits per heavy atom. The summed E-state index contributed by atoms with van der Waals surface area (Å²) in [6.07, 6.45) is 0. The molecule has 162 valence electrons. The Hall–Kier alpha value is -3.82. The van der Waals surface area contributed by atoms with Gasteiger partial charge in [-0.05, 0) is 29.8 Å². The molecule has 1 heterocycles. The lowest BCUT2D eigenvalue weighted by Gasteiger charge is -2.18. The number of carbonyl (C=O) groups is 4. The van der Waals surface area contributed by atoms with Crippen LogP contribution in [0.5, 0.6) is 5.75 Å². The van der Waals surface area contributed by atoms with E-state index in [4.69, 9.17) is 4.74 Å². The van der Waals surface area contributed by atoms with Crippen LogP contribution in [0.2, 0.25) is 0 Å². The number of alkyl halides is 2. The van der Waals surface area contributed by atoms with Crippen molar-refractivity contribution in [2.75, 3.05) is 20.2 Å². The lowest BCUT2D eigenvalue weighted by molar-refractivity contribution is -0.151. The minimum Gasteiger partial charge on any atom is -0.454 e. The molecule has 8 nitrogen and oxygen atoms in total. The van der Waals surface area contributed by atoms with Crippen LogP contribution in [-0.2, 0) is 20.9 Å². The maximum Gasteiger partial charge on any atom is 0.387 e. The summed E-state index contributed by atoms with van der Waals surface area (Å²) in [5, 5.41) is 0. The number of esters is 1. The molecular formula is C21H18F2N2O6. The Balaban J connectivity index is 1.47. The van der Waals surface area contributed by atoms with Gasteiger partial charge in [0, 0.05) is 13.6 Å². The number of carbonyl (C=O) groups excluding carboxylic acids is 4. The third-order valence-electron chi connectivity index (χ3n) is 4.52. The first-order valence-corrected chi connectivity index (χ1v) is 9.15. The van der Waals surface area contributed by atoms with E-state index in [1.54, 1.807) is 12.1 Å². The van der Waals surface area contributed by atoms with Crippen molar-refractivity contribution in [1.29, 1.82) is 0 Å². The number of fused-ring (bicyclic) bond motifs is 1. The topological polar surface area (TPSA) is 93.2 Å². The molecule has 0 bridgehead atoms. The van der Waals surface area contributed by atoms with E-state index >= 15 is 0 Å². The quantitative estimate of drug-likeness (QED) is 0.469. The largest absolute Gasteiger partial charge is 0.454 e. The van der Waals surface area contributed by atoms with E-state index in [-0.39, 0.29) is 23.4 Å². The number of rotatable bonds is 8. The molecule has 0 spiro atoms. The zero-order valence-corrected chi connectivity index (χ0v) is 16.4. The highest BCUT2D eigenvalue weighted by atomic mass is 19.3. The fraction of sp³-hybridized carbons (Fsp3) is 0.238. The number of likely N-dealkylation sites (N-methyl/N-ethyl adjacent to an activating group) is 1. The molecule has 3 amide bonds. The minimum absolute atomic E-state index is 0.00480. The smallest absolute Gasteiger partial charge is 0.387 e. The number of hydrogen-bond donors (Lipinski definition) is 0. The molecule has 0 aromatic heterocycles. The molecule has 3 rings (SSSR count). The average Bonchev–Trinajstić information content (AvgIpc) is 2.98. The van der Waals surface area contributed by atoms with Gasteiger partial charge in [0.2, 0.25) is 0 Å². The van der Waals surface area contributed by atoms with Gasteiger partial charge in [-0.3, -0.25) is 24.1 Å². The zero-order chi connectivity index (χ0) is 22.5. The summed E-state index contributed by atoms with van der Waals surface area (Å²) < 4.78 is 33.5. The molecule has 0 unspecified atom stereocenters. The summed E-state index contributed by atoms with van der Waals surface area (Å²) in [4.78, 5) is 50.8. The molecule has 1 aliphatic heterocycles. The van der Waals surface area contributed by atoms with Crippen molar-refractivity contribution in [3.63, 3.8) is 0 Å². The highest BCUT2D eigenvalue weighted by molar-refractivity contribution is 6.22. The van der Waals surface area contributed by atoms with Crippen molar-refractivity contribution in [2.24, 2.45) is 0 Å². The number of halogens is 2. The number of ether oxygens (including phenoxy) is 2. The lowest BCUT2D eigenvalue weighted by atomic mass is 10.1. The minimum atomic E-state index is -2.93. The first kappa shape index (κ1) is 21.9.